The van der Waals surface area contributed by atoms with Gasteiger partial charge in [0.25, 0.3) is 0 Å². The van der Waals surface area contributed by atoms with Crippen LogP contribution >= 0.6 is 34.7 Å². The van der Waals surface area contributed by atoms with Crippen LogP contribution in [0.2, 0.25) is 5.15 Å². The first kappa shape index (κ1) is 14.1. The summed E-state index contributed by atoms with van der Waals surface area (Å²) in [6.07, 6.45) is 2.19. The van der Waals surface area contributed by atoms with E-state index in [0.29, 0.717) is 10.4 Å². The number of rotatable bonds is 5. The van der Waals surface area contributed by atoms with Gasteiger partial charge in [-0.1, -0.05) is 32.4 Å². The van der Waals surface area contributed by atoms with Gasteiger partial charge in [-0.25, -0.2) is 9.97 Å². The first-order valence-corrected chi connectivity index (χ1v) is 8.44. The van der Waals surface area contributed by atoms with E-state index in [9.17, 15) is 0 Å². The van der Waals surface area contributed by atoms with E-state index in [-0.39, 0.29) is 0 Å². The van der Waals surface area contributed by atoms with Crippen molar-refractivity contribution in [3.63, 3.8) is 0 Å². The molecule has 0 saturated carbocycles. The van der Waals surface area contributed by atoms with Crippen molar-refractivity contribution < 1.29 is 0 Å². The summed E-state index contributed by atoms with van der Waals surface area (Å²) in [6.45, 7) is 6.57. The molecule has 1 atom stereocenters. The molecular weight excluding hydrogens is 284 g/mol. The van der Waals surface area contributed by atoms with Crippen molar-refractivity contribution in [2.75, 3.05) is 0 Å². The van der Waals surface area contributed by atoms with Crippen LogP contribution in [0.25, 0.3) is 10.2 Å². The van der Waals surface area contributed by atoms with E-state index in [4.69, 9.17) is 11.6 Å². The molecule has 0 bridgehead atoms. The van der Waals surface area contributed by atoms with Gasteiger partial charge in [0, 0.05) is 15.5 Å². The maximum absolute atomic E-state index is 6.23. The topological polar surface area (TPSA) is 25.8 Å². The van der Waals surface area contributed by atoms with E-state index in [1.807, 2.05) is 11.8 Å². The molecule has 0 aromatic carbocycles. The van der Waals surface area contributed by atoms with Crippen LogP contribution in [0.5, 0.6) is 0 Å². The standard InChI is InChI=1S/C13H17ClN2S2/c1-4-8(3)17-7-11-15-12(14)10-6-9(5-2)18-13(10)16-11/h6,8H,4-5,7H2,1-3H3. The maximum atomic E-state index is 6.23. The smallest absolute Gasteiger partial charge is 0.141 e. The Hall–Kier alpha value is -0.320. The average Bonchev–Trinajstić information content (AvgIpc) is 2.79. The molecule has 0 radical (unpaired) electrons. The number of nitrogens with zero attached hydrogens (tertiary/aromatic N) is 2. The van der Waals surface area contributed by atoms with Crippen molar-refractivity contribution in [1.29, 1.82) is 0 Å². The Bertz CT molecular complexity index is 539. The van der Waals surface area contributed by atoms with E-state index >= 15 is 0 Å². The van der Waals surface area contributed by atoms with E-state index < -0.39 is 0 Å². The van der Waals surface area contributed by atoms with Crippen molar-refractivity contribution in [3.8, 4) is 0 Å². The van der Waals surface area contributed by atoms with Crippen LogP contribution in [-0.2, 0) is 12.2 Å². The highest BCUT2D eigenvalue weighted by Crippen LogP contribution is 2.30. The van der Waals surface area contributed by atoms with E-state index in [1.54, 1.807) is 11.3 Å². The zero-order valence-electron chi connectivity index (χ0n) is 10.9. The zero-order valence-corrected chi connectivity index (χ0v) is 13.3. The Labute approximate surface area is 121 Å². The largest absolute Gasteiger partial charge is 0.221 e. The summed E-state index contributed by atoms with van der Waals surface area (Å²) < 4.78 is 0. The van der Waals surface area contributed by atoms with E-state index in [1.165, 1.54) is 11.3 Å². The number of fused-ring (bicyclic) bond motifs is 1. The first-order valence-electron chi connectivity index (χ1n) is 6.20. The SMILES string of the molecule is CCc1cc2c(Cl)nc(CSC(C)CC)nc2s1. The Kier molecular flexibility index (Phi) is 4.87. The Morgan fingerprint density at radius 1 is 1.39 bits per heavy atom. The molecule has 2 nitrogen and oxygen atoms in total. The second-order valence-corrected chi connectivity index (χ2v) is 7.15. The minimum absolute atomic E-state index is 0.593. The molecule has 0 amide bonds. The number of thioether (sulfide) groups is 1. The second-order valence-electron chi connectivity index (χ2n) is 4.25. The van der Waals surface area contributed by atoms with Crippen molar-refractivity contribution in [1.82, 2.24) is 9.97 Å². The van der Waals surface area contributed by atoms with Gasteiger partial charge in [0.2, 0.25) is 0 Å². The monoisotopic (exact) mass is 300 g/mol. The van der Waals surface area contributed by atoms with Crippen molar-refractivity contribution in [3.05, 3.63) is 21.9 Å². The number of halogens is 1. The molecule has 0 aliphatic heterocycles. The predicted molar refractivity (Wildman–Crippen MR) is 82.9 cm³/mol. The van der Waals surface area contributed by atoms with Gasteiger partial charge in [-0.2, -0.15) is 11.8 Å². The van der Waals surface area contributed by atoms with Gasteiger partial charge in [-0.15, -0.1) is 11.3 Å². The van der Waals surface area contributed by atoms with Crippen molar-refractivity contribution in [2.24, 2.45) is 0 Å². The van der Waals surface area contributed by atoms with Crippen LogP contribution in [0.3, 0.4) is 0 Å². The van der Waals surface area contributed by atoms with Crippen molar-refractivity contribution in [2.45, 2.75) is 44.6 Å². The summed E-state index contributed by atoms with van der Waals surface area (Å²) in [4.78, 5) is 11.3. The highest BCUT2D eigenvalue weighted by molar-refractivity contribution is 7.99. The minimum atomic E-state index is 0.593. The van der Waals surface area contributed by atoms with Crippen LogP contribution in [0, 0.1) is 0 Å². The highest BCUT2D eigenvalue weighted by atomic mass is 35.5. The lowest BCUT2D eigenvalue weighted by molar-refractivity contribution is 0.902. The molecule has 1 unspecified atom stereocenters. The Morgan fingerprint density at radius 3 is 2.83 bits per heavy atom. The summed E-state index contributed by atoms with van der Waals surface area (Å²) in [7, 11) is 0. The quantitative estimate of drug-likeness (QED) is 0.732. The highest BCUT2D eigenvalue weighted by Gasteiger charge is 2.10. The van der Waals surface area contributed by atoms with Gasteiger partial charge in [-0.05, 0) is 18.9 Å². The lowest BCUT2D eigenvalue weighted by Crippen LogP contribution is -1.98. The van der Waals surface area contributed by atoms with Crippen molar-refractivity contribution >= 4 is 44.9 Å². The number of thiophene rings is 1. The number of hydrogen-bond donors (Lipinski definition) is 0. The van der Waals surface area contributed by atoms with Gasteiger partial charge < -0.3 is 0 Å². The molecular formula is C13H17ClN2S2. The Balaban J connectivity index is 2.24. The number of hydrogen-bond acceptors (Lipinski definition) is 4. The first-order chi connectivity index (χ1) is 8.63. The summed E-state index contributed by atoms with van der Waals surface area (Å²) in [6, 6.07) is 2.11. The normalized spacial score (nSPS) is 13.1. The third-order valence-electron chi connectivity index (χ3n) is 2.86. The molecule has 2 rings (SSSR count). The summed E-state index contributed by atoms with van der Waals surface area (Å²) in [5.41, 5.74) is 0. The van der Waals surface area contributed by atoms with Gasteiger partial charge in [0.05, 0.1) is 5.75 Å². The Morgan fingerprint density at radius 2 is 2.17 bits per heavy atom. The molecule has 18 heavy (non-hydrogen) atoms. The molecule has 0 fully saturated rings. The molecule has 2 heterocycles. The molecule has 2 aromatic rings. The van der Waals surface area contributed by atoms with Crippen LogP contribution in [0.4, 0.5) is 0 Å². The molecule has 0 N–H and O–H groups in total. The van der Waals surface area contributed by atoms with Gasteiger partial charge in [-0.3, -0.25) is 0 Å². The van der Waals surface area contributed by atoms with Gasteiger partial charge in [0.1, 0.15) is 15.8 Å². The maximum Gasteiger partial charge on any atom is 0.141 e. The fraction of sp³-hybridized carbons (Fsp3) is 0.538. The van der Waals surface area contributed by atoms with Gasteiger partial charge >= 0.3 is 0 Å². The van der Waals surface area contributed by atoms with E-state index in [0.717, 1.165) is 28.2 Å². The van der Waals surface area contributed by atoms with Gasteiger partial charge in [0.15, 0.2) is 0 Å². The third kappa shape index (κ3) is 3.16. The molecule has 0 aliphatic rings. The lowest BCUT2D eigenvalue weighted by Gasteiger charge is -2.07. The lowest BCUT2D eigenvalue weighted by atomic mass is 10.3. The predicted octanol–water partition coefficient (Wildman–Crippen LogP) is 4.94. The molecule has 98 valence electrons. The molecule has 0 saturated heterocycles. The van der Waals surface area contributed by atoms with Crippen LogP contribution in [0.15, 0.2) is 6.07 Å². The number of aromatic nitrogens is 2. The molecule has 5 heteroatoms. The van der Waals surface area contributed by atoms with E-state index in [2.05, 4.69) is 36.8 Å². The fourth-order valence-electron chi connectivity index (χ4n) is 1.55. The summed E-state index contributed by atoms with van der Waals surface area (Å²) in [5, 5.41) is 2.23. The van der Waals surface area contributed by atoms with Crippen LogP contribution in [-0.4, -0.2) is 15.2 Å². The minimum Gasteiger partial charge on any atom is -0.221 e. The molecule has 0 aliphatic carbocycles. The molecule has 2 aromatic heterocycles. The molecule has 0 spiro atoms. The fourth-order valence-corrected chi connectivity index (χ4v) is 3.63. The number of aryl methyl sites for hydroxylation is 1. The average molecular weight is 301 g/mol. The summed E-state index contributed by atoms with van der Waals surface area (Å²) in [5.74, 6) is 1.69. The van der Waals surface area contributed by atoms with Crippen LogP contribution < -0.4 is 0 Å². The second kappa shape index (κ2) is 6.22. The zero-order chi connectivity index (χ0) is 13.1. The van der Waals surface area contributed by atoms with Crippen LogP contribution in [0.1, 0.15) is 37.9 Å². The third-order valence-corrected chi connectivity index (χ3v) is 5.65. The summed E-state index contributed by atoms with van der Waals surface area (Å²) >= 11 is 9.83.